The monoisotopic (exact) mass is 457 g/mol. The van der Waals surface area contributed by atoms with E-state index in [0.717, 1.165) is 43.3 Å². The molecule has 1 aliphatic heterocycles. The van der Waals surface area contributed by atoms with Crippen molar-refractivity contribution in [3.05, 3.63) is 59.7 Å². The Hall–Kier alpha value is -2.58. The smallest absolute Gasteiger partial charge is 0.231 e. The fraction of sp³-hybridized carbons (Fsp3) is 0.458. The summed E-state index contributed by atoms with van der Waals surface area (Å²) in [6, 6.07) is 14.2. The lowest BCUT2D eigenvalue weighted by atomic mass is 9.88. The number of nitrogens with one attached hydrogen (secondary N) is 2. The zero-order chi connectivity index (χ0) is 23.0. The lowest BCUT2D eigenvalue weighted by molar-refractivity contribution is -0.125. The molecule has 4 rings (SSSR count). The van der Waals surface area contributed by atoms with Gasteiger partial charge >= 0.3 is 0 Å². The number of benzene rings is 2. The molecule has 0 spiro atoms. The zero-order valence-corrected chi connectivity index (χ0v) is 19.4. The summed E-state index contributed by atoms with van der Waals surface area (Å²) in [4.78, 5) is 16.0. The largest absolute Gasteiger partial charge is 0.508 e. The van der Waals surface area contributed by atoms with Gasteiger partial charge in [-0.05, 0) is 81.1 Å². The molecule has 2 aromatic carbocycles. The van der Waals surface area contributed by atoms with Crippen LogP contribution in [-0.4, -0.2) is 50.2 Å². The van der Waals surface area contributed by atoms with Crippen molar-refractivity contribution in [2.45, 2.75) is 43.6 Å². The van der Waals surface area contributed by atoms with Crippen molar-refractivity contribution in [2.75, 3.05) is 30.6 Å². The summed E-state index contributed by atoms with van der Waals surface area (Å²) in [5, 5.41) is 13.4. The molecule has 1 heterocycles. The molecule has 7 nitrogen and oxygen atoms in total. The predicted octanol–water partition coefficient (Wildman–Crippen LogP) is 2.92. The van der Waals surface area contributed by atoms with Gasteiger partial charge in [0, 0.05) is 12.2 Å². The molecule has 0 radical (unpaired) electrons. The first-order chi connectivity index (χ1) is 15.1. The Morgan fingerprint density at radius 1 is 1.12 bits per heavy atom. The number of hydrogen-bond acceptors (Lipinski definition) is 5. The SMILES string of the molecule is CC(CN1CCCC1)(NC(=O)C1(c2cccc(NS(C)(=O)=O)c2)CC1)c1cccc(O)c1. The second-order valence-electron chi connectivity index (χ2n) is 9.36. The maximum absolute atomic E-state index is 13.6. The van der Waals surface area contributed by atoms with Gasteiger partial charge in [0.15, 0.2) is 0 Å². The minimum Gasteiger partial charge on any atom is -0.508 e. The van der Waals surface area contributed by atoms with E-state index in [1.54, 1.807) is 36.4 Å². The Balaban J connectivity index is 1.61. The number of amides is 1. The Labute approximate surface area is 189 Å². The number of rotatable bonds is 8. The second-order valence-corrected chi connectivity index (χ2v) is 11.1. The van der Waals surface area contributed by atoms with Crippen LogP contribution in [0.2, 0.25) is 0 Å². The zero-order valence-electron chi connectivity index (χ0n) is 18.6. The molecule has 1 aliphatic carbocycles. The number of likely N-dealkylation sites (tertiary alicyclic amines) is 1. The summed E-state index contributed by atoms with van der Waals surface area (Å²) in [7, 11) is -3.40. The minimum absolute atomic E-state index is 0.0703. The first-order valence-electron chi connectivity index (χ1n) is 11.0. The highest BCUT2D eigenvalue weighted by Gasteiger charge is 2.53. The van der Waals surface area contributed by atoms with Crippen LogP contribution in [0.1, 0.15) is 43.7 Å². The van der Waals surface area contributed by atoms with Crippen LogP contribution < -0.4 is 10.0 Å². The van der Waals surface area contributed by atoms with Gasteiger partial charge in [-0.1, -0.05) is 24.3 Å². The summed E-state index contributed by atoms with van der Waals surface area (Å²) >= 11 is 0. The van der Waals surface area contributed by atoms with E-state index in [-0.39, 0.29) is 11.7 Å². The Morgan fingerprint density at radius 3 is 2.44 bits per heavy atom. The molecule has 1 amide bonds. The minimum atomic E-state index is -3.40. The van der Waals surface area contributed by atoms with Crippen LogP contribution in [-0.2, 0) is 25.8 Å². The predicted molar refractivity (Wildman–Crippen MR) is 125 cm³/mol. The van der Waals surface area contributed by atoms with Crippen molar-refractivity contribution in [3.63, 3.8) is 0 Å². The van der Waals surface area contributed by atoms with Crippen LogP contribution in [0.5, 0.6) is 5.75 Å². The summed E-state index contributed by atoms with van der Waals surface area (Å²) in [6.07, 6.45) is 4.82. The molecule has 2 aliphatic rings. The van der Waals surface area contributed by atoms with Crippen LogP contribution >= 0.6 is 0 Å². The fourth-order valence-electron chi connectivity index (χ4n) is 4.68. The van der Waals surface area contributed by atoms with E-state index in [1.807, 2.05) is 19.1 Å². The Kier molecular flexibility index (Phi) is 5.94. The molecule has 0 aromatic heterocycles. The number of carbonyl (C=O) groups is 1. The lowest BCUT2D eigenvalue weighted by Crippen LogP contribution is -2.53. The van der Waals surface area contributed by atoms with Gasteiger partial charge in [-0.2, -0.15) is 0 Å². The summed E-state index contributed by atoms with van der Waals surface area (Å²) in [5.74, 6) is 0.101. The number of anilines is 1. The van der Waals surface area contributed by atoms with Crippen LogP contribution in [0.3, 0.4) is 0 Å². The number of hydrogen-bond donors (Lipinski definition) is 3. The van der Waals surface area contributed by atoms with Gasteiger partial charge in [0.25, 0.3) is 0 Å². The van der Waals surface area contributed by atoms with Gasteiger partial charge in [0.05, 0.1) is 17.2 Å². The third kappa shape index (κ3) is 4.91. The summed E-state index contributed by atoms with van der Waals surface area (Å²) in [5.41, 5.74) is 0.789. The summed E-state index contributed by atoms with van der Waals surface area (Å²) in [6.45, 7) is 4.66. The average Bonchev–Trinajstić information content (AvgIpc) is 3.38. The first kappa shape index (κ1) is 22.6. The maximum atomic E-state index is 13.6. The number of phenolic OH excluding ortho intramolecular Hbond substituents is 1. The molecule has 1 saturated carbocycles. The quantitative estimate of drug-likeness (QED) is 0.566. The summed E-state index contributed by atoms with van der Waals surface area (Å²) < 4.78 is 25.8. The van der Waals surface area contributed by atoms with Crippen LogP contribution in [0.15, 0.2) is 48.5 Å². The van der Waals surface area contributed by atoms with E-state index >= 15 is 0 Å². The van der Waals surface area contributed by atoms with Gasteiger partial charge in [0.2, 0.25) is 15.9 Å². The van der Waals surface area contributed by atoms with Gasteiger partial charge in [0.1, 0.15) is 5.75 Å². The van der Waals surface area contributed by atoms with Crippen molar-refractivity contribution in [1.82, 2.24) is 10.2 Å². The molecule has 32 heavy (non-hydrogen) atoms. The third-order valence-electron chi connectivity index (χ3n) is 6.51. The van der Waals surface area contributed by atoms with E-state index in [2.05, 4.69) is 14.9 Å². The molecule has 8 heteroatoms. The highest BCUT2D eigenvalue weighted by Crippen LogP contribution is 2.49. The second kappa shape index (κ2) is 8.41. The molecule has 172 valence electrons. The van der Waals surface area contributed by atoms with E-state index in [1.165, 1.54) is 0 Å². The van der Waals surface area contributed by atoms with E-state index in [9.17, 15) is 18.3 Å². The molecule has 1 saturated heterocycles. The highest BCUT2D eigenvalue weighted by molar-refractivity contribution is 7.92. The molecule has 1 unspecified atom stereocenters. The van der Waals surface area contributed by atoms with Crippen LogP contribution in [0, 0.1) is 0 Å². The standard InChI is InChI=1S/C24H31N3O4S/c1-23(17-27-13-3-4-14-27,18-7-6-10-21(28)16-18)25-22(29)24(11-12-24)19-8-5-9-20(15-19)26-32(2,30)31/h5-10,15-16,26,28H,3-4,11-14,17H2,1-2H3,(H,25,29). The normalized spacial score (nSPS) is 19.8. The van der Waals surface area contributed by atoms with Crippen molar-refractivity contribution in [3.8, 4) is 5.75 Å². The lowest BCUT2D eigenvalue weighted by Gasteiger charge is -2.36. The van der Waals surface area contributed by atoms with Crippen LogP contribution in [0.4, 0.5) is 5.69 Å². The Bertz CT molecular complexity index is 1110. The highest BCUT2D eigenvalue weighted by atomic mass is 32.2. The molecular weight excluding hydrogens is 426 g/mol. The Morgan fingerprint density at radius 2 is 1.81 bits per heavy atom. The van der Waals surface area contributed by atoms with E-state index in [0.29, 0.717) is 25.1 Å². The van der Waals surface area contributed by atoms with Crippen molar-refractivity contribution in [2.24, 2.45) is 0 Å². The average molecular weight is 458 g/mol. The molecule has 2 fully saturated rings. The maximum Gasteiger partial charge on any atom is 0.231 e. The topological polar surface area (TPSA) is 98.7 Å². The number of sulfonamides is 1. The third-order valence-corrected chi connectivity index (χ3v) is 7.12. The molecule has 1 atom stereocenters. The van der Waals surface area contributed by atoms with Crippen LogP contribution in [0.25, 0.3) is 0 Å². The van der Waals surface area contributed by atoms with Gasteiger partial charge < -0.3 is 15.3 Å². The first-order valence-corrected chi connectivity index (χ1v) is 12.9. The molecule has 0 bridgehead atoms. The molecular formula is C24H31N3O4S. The number of carbonyl (C=O) groups excluding carboxylic acids is 1. The fourth-order valence-corrected chi connectivity index (χ4v) is 5.23. The van der Waals surface area contributed by atoms with Crippen molar-refractivity contribution in [1.29, 1.82) is 0 Å². The van der Waals surface area contributed by atoms with Gasteiger partial charge in [-0.3, -0.25) is 9.52 Å². The number of aromatic hydroxyl groups is 1. The van der Waals surface area contributed by atoms with Gasteiger partial charge in [-0.25, -0.2) is 8.42 Å². The van der Waals surface area contributed by atoms with E-state index < -0.39 is 21.0 Å². The van der Waals surface area contributed by atoms with Gasteiger partial charge in [-0.15, -0.1) is 0 Å². The number of nitrogens with zero attached hydrogens (tertiary/aromatic N) is 1. The van der Waals surface area contributed by atoms with Crippen molar-refractivity contribution < 1.29 is 18.3 Å². The van der Waals surface area contributed by atoms with Crippen molar-refractivity contribution >= 4 is 21.6 Å². The number of phenols is 1. The molecule has 3 N–H and O–H groups in total. The van der Waals surface area contributed by atoms with E-state index in [4.69, 9.17) is 0 Å². The molecule has 2 aromatic rings.